The van der Waals surface area contributed by atoms with Crippen LogP contribution in [0, 0.1) is 0 Å². The Kier molecular flexibility index (Phi) is 3.09. The number of nitrogens with two attached hydrogens (primary N) is 1. The second kappa shape index (κ2) is 4.31. The van der Waals surface area contributed by atoms with E-state index >= 15 is 0 Å². The van der Waals surface area contributed by atoms with Gasteiger partial charge in [0.2, 0.25) is 0 Å². The number of aromatic nitrogens is 2. The summed E-state index contributed by atoms with van der Waals surface area (Å²) in [6, 6.07) is 0. The quantitative estimate of drug-likeness (QED) is 0.393. The lowest BCUT2D eigenvalue weighted by atomic mass is 10.3. The average Bonchev–Trinajstić information content (AvgIpc) is 2.15. The number of thiocarbonyl (C=S) groups is 1. The van der Waals surface area contributed by atoms with Crippen molar-refractivity contribution in [2.45, 2.75) is 0 Å². The lowest BCUT2D eigenvalue weighted by Gasteiger charge is -2.04. The van der Waals surface area contributed by atoms with Gasteiger partial charge in [-0.15, -0.1) is 0 Å². The summed E-state index contributed by atoms with van der Waals surface area (Å²) in [6.07, 6.45) is 4.09. The first kappa shape index (κ1) is 9.33. The van der Waals surface area contributed by atoms with Crippen molar-refractivity contribution in [2.24, 2.45) is 5.73 Å². The van der Waals surface area contributed by atoms with Crippen molar-refractivity contribution in [3.8, 4) is 0 Å². The Morgan fingerprint density at radius 1 is 1.38 bits per heavy atom. The molecule has 0 atom stereocenters. The van der Waals surface area contributed by atoms with Crippen molar-refractivity contribution in [3.05, 3.63) is 24.3 Å². The standard InChI is InChI=1S/C6H7N5OS/c7-6(13)11-10-5(12)4-1-8-3-9-2-4/h1-3H,(H,10,12)(H3,7,11,13). The summed E-state index contributed by atoms with van der Waals surface area (Å²) in [5.74, 6) is -0.395. The fraction of sp³-hybridized carbons (Fsp3) is 0. The van der Waals surface area contributed by atoms with Crippen LogP contribution in [-0.2, 0) is 0 Å². The first-order valence-corrected chi connectivity index (χ1v) is 3.72. The van der Waals surface area contributed by atoms with Crippen LogP contribution in [0.4, 0.5) is 0 Å². The second-order valence-electron chi connectivity index (χ2n) is 2.07. The number of rotatable bonds is 1. The summed E-state index contributed by atoms with van der Waals surface area (Å²) in [7, 11) is 0. The molecule has 68 valence electrons. The molecule has 13 heavy (non-hydrogen) atoms. The van der Waals surface area contributed by atoms with Gasteiger partial charge in [0.15, 0.2) is 5.11 Å². The molecule has 1 heterocycles. The van der Waals surface area contributed by atoms with E-state index < -0.39 is 5.91 Å². The van der Waals surface area contributed by atoms with E-state index in [-0.39, 0.29) is 5.11 Å². The van der Waals surface area contributed by atoms with Crippen LogP contribution >= 0.6 is 12.2 Å². The zero-order chi connectivity index (χ0) is 9.68. The van der Waals surface area contributed by atoms with Crippen molar-refractivity contribution in [1.82, 2.24) is 20.8 Å². The predicted octanol–water partition coefficient (Wildman–Crippen LogP) is -1.05. The summed E-state index contributed by atoms with van der Waals surface area (Å²) in [6.45, 7) is 0. The largest absolute Gasteiger partial charge is 0.375 e. The Morgan fingerprint density at radius 2 is 2.00 bits per heavy atom. The third kappa shape index (κ3) is 2.99. The highest BCUT2D eigenvalue weighted by molar-refractivity contribution is 7.80. The number of carbonyl (C=O) groups is 1. The van der Waals surface area contributed by atoms with Crippen LogP contribution in [0.5, 0.6) is 0 Å². The Bertz CT molecular complexity index is 314. The SMILES string of the molecule is NC(=S)NNC(=O)c1cncnc1. The van der Waals surface area contributed by atoms with Crippen molar-refractivity contribution in [2.75, 3.05) is 0 Å². The van der Waals surface area contributed by atoms with Crippen molar-refractivity contribution in [1.29, 1.82) is 0 Å². The van der Waals surface area contributed by atoms with Crippen molar-refractivity contribution < 1.29 is 4.79 Å². The molecule has 6 nitrogen and oxygen atoms in total. The highest BCUT2D eigenvalue weighted by Gasteiger charge is 2.03. The minimum atomic E-state index is -0.395. The molecule has 4 N–H and O–H groups in total. The smallest absolute Gasteiger partial charge is 0.272 e. The summed E-state index contributed by atoms with van der Waals surface area (Å²) in [5, 5.41) is -0.00907. The first-order chi connectivity index (χ1) is 6.20. The topological polar surface area (TPSA) is 92.9 Å². The summed E-state index contributed by atoms with van der Waals surface area (Å²) in [4.78, 5) is 18.5. The van der Waals surface area contributed by atoms with Crippen LogP contribution in [0.2, 0.25) is 0 Å². The Balaban J connectivity index is 2.54. The van der Waals surface area contributed by atoms with Gasteiger partial charge in [0.05, 0.1) is 5.56 Å². The zero-order valence-electron chi connectivity index (χ0n) is 6.52. The first-order valence-electron chi connectivity index (χ1n) is 3.31. The number of amides is 1. The monoisotopic (exact) mass is 197 g/mol. The minimum absolute atomic E-state index is 0.00907. The van der Waals surface area contributed by atoms with Crippen LogP contribution < -0.4 is 16.6 Å². The molecule has 0 aliphatic rings. The highest BCUT2D eigenvalue weighted by atomic mass is 32.1. The number of nitrogens with zero attached hydrogens (tertiary/aromatic N) is 2. The molecule has 0 unspecified atom stereocenters. The van der Waals surface area contributed by atoms with Gasteiger partial charge >= 0.3 is 0 Å². The highest BCUT2D eigenvalue weighted by Crippen LogP contribution is 1.90. The van der Waals surface area contributed by atoms with E-state index in [2.05, 4.69) is 33.0 Å². The summed E-state index contributed by atoms with van der Waals surface area (Å²) < 4.78 is 0. The van der Waals surface area contributed by atoms with E-state index in [0.717, 1.165) is 0 Å². The van der Waals surface area contributed by atoms with Crippen LogP contribution in [0.25, 0.3) is 0 Å². The minimum Gasteiger partial charge on any atom is -0.375 e. The van der Waals surface area contributed by atoms with Crippen LogP contribution in [0.3, 0.4) is 0 Å². The predicted molar refractivity (Wildman–Crippen MR) is 49.4 cm³/mol. The molecule has 0 fully saturated rings. The van der Waals surface area contributed by atoms with E-state index in [1.165, 1.54) is 18.7 Å². The molecule has 0 saturated carbocycles. The maximum Gasteiger partial charge on any atom is 0.272 e. The van der Waals surface area contributed by atoms with Gasteiger partial charge in [-0.2, -0.15) is 0 Å². The normalized spacial score (nSPS) is 8.92. The summed E-state index contributed by atoms with van der Waals surface area (Å²) in [5.41, 5.74) is 9.98. The second-order valence-corrected chi connectivity index (χ2v) is 2.51. The molecule has 0 aromatic carbocycles. The third-order valence-corrected chi connectivity index (χ3v) is 1.22. The fourth-order valence-corrected chi connectivity index (χ4v) is 0.658. The number of carbonyl (C=O) groups excluding carboxylic acids is 1. The van der Waals surface area contributed by atoms with E-state index in [9.17, 15) is 4.79 Å². The van der Waals surface area contributed by atoms with Gasteiger partial charge in [-0.3, -0.25) is 15.6 Å². The third-order valence-electron chi connectivity index (χ3n) is 1.12. The lowest BCUT2D eigenvalue weighted by Crippen LogP contribution is -2.44. The van der Waals surface area contributed by atoms with Crippen LogP contribution in [-0.4, -0.2) is 21.0 Å². The Hall–Kier alpha value is -1.76. The van der Waals surface area contributed by atoms with Crippen molar-refractivity contribution in [3.63, 3.8) is 0 Å². The number of nitrogens with one attached hydrogen (secondary N) is 2. The molecule has 0 bridgehead atoms. The van der Waals surface area contributed by atoms with E-state index in [4.69, 9.17) is 5.73 Å². The summed E-state index contributed by atoms with van der Waals surface area (Å²) >= 11 is 4.48. The van der Waals surface area contributed by atoms with Gasteiger partial charge in [0.25, 0.3) is 5.91 Å². The number of hydrogen-bond acceptors (Lipinski definition) is 4. The van der Waals surface area contributed by atoms with Crippen molar-refractivity contribution >= 4 is 23.2 Å². The Morgan fingerprint density at radius 3 is 2.54 bits per heavy atom. The average molecular weight is 197 g/mol. The van der Waals surface area contributed by atoms with Gasteiger partial charge < -0.3 is 5.73 Å². The zero-order valence-corrected chi connectivity index (χ0v) is 7.34. The van der Waals surface area contributed by atoms with Gasteiger partial charge in [0.1, 0.15) is 6.33 Å². The molecule has 1 rings (SSSR count). The molecule has 1 aromatic rings. The lowest BCUT2D eigenvalue weighted by molar-refractivity contribution is 0.0943. The molecule has 0 aliphatic carbocycles. The molecule has 7 heteroatoms. The molecule has 0 spiro atoms. The molecular formula is C6H7N5OS. The molecule has 0 aliphatic heterocycles. The van der Waals surface area contributed by atoms with Gasteiger partial charge in [-0.25, -0.2) is 9.97 Å². The fourth-order valence-electron chi connectivity index (χ4n) is 0.607. The van der Waals surface area contributed by atoms with E-state index in [1.54, 1.807) is 0 Å². The number of hydrazine groups is 1. The molecular weight excluding hydrogens is 190 g/mol. The van der Waals surface area contributed by atoms with Gasteiger partial charge in [-0.05, 0) is 12.2 Å². The van der Waals surface area contributed by atoms with Gasteiger partial charge in [-0.1, -0.05) is 0 Å². The maximum atomic E-state index is 11.2. The molecule has 1 aromatic heterocycles. The van der Waals surface area contributed by atoms with Crippen LogP contribution in [0.1, 0.15) is 10.4 Å². The van der Waals surface area contributed by atoms with E-state index in [1.807, 2.05) is 0 Å². The molecule has 1 amide bonds. The van der Waals surface area contributed by atoms with E-state index in [0.29, 0.717) is 5.56 Å². The van der Waals surface area contributed by atoms with Gasteiger partial charge in [0, 0.05) is 12.4 Å². The van der Waals surface area contributed by atoms with Crippen LogP contribution in [0.15, 0.2) is 18.7 Å². The Labute approximate surface area is 79.5 Å². The molecule has 0 radical (unpaired) electrons. The molecule has 0 saturated heterocycles. The maximum absolute atomic E-state index is 11.2. The number of hydrogen-bond donors (Lipinski definition) is 3.